The van der Waals surface area contributed by atoms with Crippen molar-refractivity contribution in [1.82, 2.24) is 73.8 Å². The van der Waals surface area contributed by atoms with Gasteiger partial charge in [-0.05, 0) is 74.9 Å². The van der Waals surface area contributed by atoms with Crippen LogP contribution in [0.2, 0.25) is 5.02 Å². The molecule has 0 bridgehead atoms. The van der Waals surface area contributed by atoms with Gasteiger partial charge in [0.05, 0.1) is 129 Å². The molecule has 0 saturated carbocycles. The van der Waals surface area contributed by atoms with Crippen molar-refractivity contribution in [2.24, 2.45) is 40.2 Å². The number of anilines is 5. The minimum atomic E-state index is -0.641. The fraction of sp³-hybridized carbons (Fsp3) is 0.430. The molecule has 8 heterocycles. The number of carbonyl (C=O) groups excluding carboxylic acids is 9. The lowest BCUT2D eigenvalue weighted by molar-refractivity contribution is -0.121. The van der Waals surface area contributed by atoms with Gasteiger partial charge in [-0.15, -0.1) is 21.5 Å². The van der Waals surface area contributed by atoms with Crippen LogP contribution < -0.4 is 52.6 Å². The summed E-state index contributed by atoms with van der Waals surface area (Å²) in [5, 5.41) is 34.8. The van der Waals surface area contributed by atoms with E-state index in [0.717, 1.165) is 38.1 Å². The van der Waals surface area contributed by atoms with E-state index in [1.54, 1.807) is 87.8 Å². The van der Waals surface area contributed by atoms with Crippen molar-refractivity contribution in [3.8, 4) is 10.8 Å². The summed E-state index contributed by atoms with van der Waals surface area (Å²) in [7, 11) is 8.04. The zero-order valence-corrected chi connectivity index (χ0v) is 69.6. The monoisotopic (exact) mass is 1700 g/mol. The average Bonchev–Trinajstić information content (AvgIpc) is 1.59. The fourth-order valence-electron chi connectivity index (χ4n) is 12.1. The summed E-state index contributed by atoms with van der Waals surface area (Å²) in [5.41, 5.74) is 5.46. The number of nitrogens with zero attached hydrogens (tertiary/aromatic N) is 12. The van der Waals surface area contributed by atoms with Crippen LogP contribution in [-0.2, 0) is 92.3 Å². The maximum absolute atomic E-state index is 13.6. The van der Waals surface area contributed by atoms with Gasteiger partial charge in [0.15, 0.2) is 23.3 Å². The van der Waals surface area contributed by atoms with E-state index < -0.39 is 47.4 Å². The third-order valence-electron chi connectivity index (χ3n) is 18.2. The normalized spacial score (nSPS) is 12.2. The van der Waals surface area contributed by atoms with Crippen LogP contribution in [-0.4, -0.2) is 250 Å². The highest BCUT2D eigenvalue weighted by molar-refractivity contribution is 7.15. The van der Waals surface area contributed by atoms with Gasteiger partial charge in [-0.2, -0.15) is 0 Å². The number of halogens is 1. The molecule has 1 aliphatic heterocycles. The minimum absolute atomic E-state index is 0.00664. The third-order valence-corrected chi connectivity index (χ3v) is 19.6. The van der Waals surface area contributed by atoms with Gasteiger partial charge in [-0.3, -0.25) is 52.7 Å². The van der Waals surface area contributed by atoms with Crippen LogP contribution in [0.5, 0.6) is 5.75 Å². The predicted octanol–water partition coefficient (Wildman–Crippen LogP) is 5.18. The van der Waals surface area contributed by atoms with Gasteiger partial charge in [0.1, 0.15) is 40.6 Å². The summed E-state index contributed by atoms with van der Waals surface area (Å²) >= 11 is 7.92. The number of amides is 9. The van der Waals surface area contributed by atoms with Gasteiger partial charge in [0.25, 0.3) is 29.5 Å². The van der Waals surface area contributed by atoms with Gasteiger partial charge in [0, 0.05) is 145 Å². The maximum Gasteiger partial charge on any atom is 0.291 e. The third kappa shape index (κ3) is 27.1. The second kappa shape index (κ2) is 45.9. The van der Waals surface area contributed by atoms with Gasteiger partial charge < -0.3 is 113 Å². The number of benzene rings is 2. The summed E-state index contributed by atoms with van der Waals surface area (Å²) in [6.07, 6.45) is 8.86. The number of aliphatic imine (C=N–C) groups is 1. The van der Waals surface area contributed by atoms with E-state index in [1.807, 2.05) is 35.8 Å². The van der Waals surface area contributed by atoms with Gasteiger partial charge in [0.2, 0.25) is 35.3 Å². The molecule has 0 fully saturated rings. The molecule has 1 atom stereocenters. The van der Waals surface area contributed by atoms with Crippen molar-refractivity contribution < 1.29 is 85.8 Å². The topological polar surface area (TPSA) is 451 Å². The predicted molar refractivity (Wildman–Crippen MR) is 442 cm³/mol. The molecular formula is C79H100ClN21O18S. The average molecular weight is 1700 g/mol. The van der Waals surface area contributed by atoms with Crippen LogP contribution in [0.4, 0.5) is 28.7 Å². The molecule has 41 heteroatoms. The van der Waals surface area contributed by atoms with Gasteiger partial charge >= 0.3 is 0 Å². The number of aromatic nitrogens is 11. The van der Waals surface area contributed by atoms with E-state index in [1.165, 1.54) is 55.2 Å². The van der Waals surface area contributed by atoms with Crippen molar-refractivity contribution >= 4 is 111 Å². The maximum atomic E-state index is 13.6. The Kier molecular flexibility index (Phi) is 34.6. The number of imidazole rings is 3. The summed E-state index contributed by atoms with van der Waals surface area (Å²) < 4.78 is 59.8. The first-order chi connectivity index (χ1) is 58.0. The number of ether oxygens (including phenoxy) is 9. The Morgan fingerprint density at radius 2 is 0.917 bits per heavy atom. The first-order valence-corrected chi connectivity index (χ1v) is 39.9. The Bertz CT molecular complexity index is 5010. The van der Waals surface area contributed by atoms with E-state index in [4.69, 9.17) is 59.2 Å². The highest BCUT2D eigenvalue weighted by Gasteiger charge is 2.33. The highest BCUT2D eigenvalue weighted by Crippen LogP contribution is 2.40. The molecule has 2 aromatic carbocycles. The summed E-state index contributed by atoms with van der Waals surface area (Å²) in [5.74, 6) is -1.91. The highest BCUT2D eigenvalue weighted by atomic mass is 35.5. The first kappa shape index (κ1) is 90.5. The molecule has 120 heavy (non-hydrogen) atoms. The zero-order valence-electron chi connectivity index (χ0n) is 68.0. The first-order valence-electron chi connectivity index (χ1n) is 38.7. The Labute approximate surface area is 700 Å². The molecule has 7 aromatic heterocycles. The molecule has 9 aromatic rings. The van der Waals surface area contributed by atoms with Crippen molar-refractivity contribution in [2.45, 2.75) is 52.5 Å². The number of hydrogen-bond acceptors (Lipinski definition) is 25. The second-order valence-corrected chi connectivity index (χ2v) is 28.9. The zero-order chi connectivity index (χ0) is 85.5. The molecule has 10 rings (SSSR count). The Morgan fingerprint density at radius 1 is 0.450 bits per heavy atom. The van der Waals surface area contributed by atoms with E-state index in [2.05, 4.69) is 86.8 Å². The van der Waals surface area contributed by atoms with Crippen LogP contribution >= 0.6 is 22.9 Å². The number of rotatable bonds is 50. The van der Waals surface area contributed by atoms with Crippen LogP contribution in [0.3, 0.4) is 0 Å². The molecule has 9 amide bonds. The SMILES string of the molecule is Cc1sc2c(c1C)C(c1ccc(Cl)cc1)=N[C@@H](CC(=O)Nc1ccc(OCCOCCOCCOCCOCCOCCOCCOCCOCCNC(=O)CCNC(=O)c3nc(NC(=O)CCNC(=O)c4cc(NC(=O)c5nc(NC(=O)CCNC(=O)c6cc(NC(=O)c7nccn7C)cn6C)cn5C)cn4C)cn3C)cc1)c1nnc(C)n1-2. The number of nitrogens with one attached hydrogen (secondary N) is 9. The Hall–Kier alpha value is -11.9. The van der Waals surface area contributed by atoms with Crippen LogP contribution in [0.15, 0.2) is 103 Å². The molecule has 39 nitrogen and oxygen atoms in total. The van der Waals surface area contributed by atoms with Gasteiger partial charge in [-0.25, -0.2) is 15.0 Å². The molecule has 1 aliphatic rings. The molecule has 0 aliphatic carbocycles. The smallest absolute Gasteiger partial charge is 0.291 e. The van der Waals surface area contributed by atoms with E-state index in [-0.39, 0.29) is 116 Å². The molecule has 0 radical (unpaired) electrons. The second-order valence-electron chi connectivity index (χ2n) is 27.2. The number of hydrogen-bond donors (Lipinski definition) is 9. The van der Waals surface area contributed by atoms with Crippen LogP contribution in [0.1, 0.15) is 118 Å². The van der Waals surface area contributed by atoms with Crippen molar-refractivity contribution in [1.29, 1.82) is 0 Å². The lowest BCUT2D eigenvalue weighted by atomic mass is 9.99. The molecule has 9 N–H and O–H groups in total. The largest absolute Gasteiger partial charge is 0.491 e. The lowest BCUT2D eigenvalue weighted by Crippen LogP contribution is -2.33. The molecule has 0 spiro atoms. The number of thiophene rings is 1. The van der Waals surface area contributed by atoms with Crippen molar-refractivity contribution in [3.63, 3.8) is 0 Å². The molecular weight excluding hydrogens is 1600 g/mol. The van der Waals surface area contributed by atoms with Crippen molar-refractivity contribution in [3.05, 3.63) is 165 Å². The lowest BCUT2D eigenvalue weighted by Gasteiger charge is -2.13. The fourth-order valence-corrected chi connectivity index (χ4v) is 13.4. The van der Waals surface area contributed by atoms with Crippen LogP contribution in [0.25, 0.3) is 5.00 Å². The van der Waals surface area contributed by atoms with E-state index in [0.29, 0.717) is 134 Å². The number of aryl methyl sites for hydroxylation is 7. The van der Waals surface area contributed by atoms with Crippen LogP contribution in [0, 0.1) is 20.8 Å². The molecule has 0 saturated heterocycles. The van der Waals surface area contributed by atoms with E-state index >= 15 is 0 Å². The van der Waals surface area contributed by atoms with Gasteiger partial charge in [-0.1, -0.05) is 23.7 Å². The number of fused-ring (bicyclic) bond motifs is 3. The minimum Gasteiger partial charge on any atom is -0.491 e. The summed E-state index contributed by atoms with van der Waals surface area (Å²) in [6, 6.07) is 17.1. The Morgan fingerprint density at radius 3 is 1.42 bits per heavy atom. The quantitative estimate of drug-likeness (QED) is 0.0222. The van der Waals surface area contributed by atoms with Crippen molar-refractivity contribution in [2.75, 3.05) is 165 Å². The number of carbonyl (C=O) groups is 9. The Balaban J connectivity index is 0.466. The summed E-state index contributed by atoms with van der Waals surface area (Å²) in [4.78, 5) is 135. The van der Waals surface area contributed by atoms with E-state index in [9.17, 15) is 43.2 Å². The standard InChI is InChI=1S/C79H100ClN21O18S/c1-50-51(2)120-79-68(50)69(53-9-11-54(80)12-10-53)89-59(70-95-94-52(3)101(70)79)45-67(105)86-55-13-15-58(16-14-55)119-42-41-118-40-39-117-38-37-116-36-35-115-34-33-114-32-31-113-30-29-112-28-27-111-26-24-81-64(102)17-20-85-76(108)72-92-62(48-99(72)7)90-65(103)18-21-84-75(107)61-44-57(47-98(61)6)88-78(110)73-93-63(49-100(73)8)91-66(104)19-22-83-74(106)60-43-56(46-97(60)5)87-77(109)71-82-23-25-96(71)4/h9-16,23,25,43-44,46-49,59H,17-22,24,26-42,45H2,1-8H3,(H,81,102)(H,83,106)(H,84,107)(H,85,108)(H,86,105)(H,87,109)(H,88,110)(H,90,103)(H,91,104)/t59-/m0/s1. The molecule has 642 valence electrons. The summed E-state index contributed by atoms with van der Waals surface area (Å²) in [6.45, 7) is 12.7. The molecule has 0 unspecified atom stereocenters.